The van der Waals surface area contributed by atoms with Crippen molar-refractivity contribution < 1.29 is 0 Å². The van der Waals surface area contributed by atoms with Crippen molar-refractivity contribution >= 4 is 61.4 Å². The summed E-state index contributed by atoms with van der Waals surface area (Å²) in [7, 11) is 0. The standard InChI is InChI=1S/C42H22N4S/c43-23-25-17-26(24-44)19-28(18-25)45-36-13-5-4-12-31(36)34-21-32-33(22-39(34)45)30-11-3-6-14-37(30)46-38-15-7-8-16-40(38)47-42-29-10-2-1-9-27(29)20-35(32)41(42)46/h1-22H. The van der Waals surface area contributed by atoms with Crippen LogP contribution in [-0.2, 0) is 0 Å². The van der Waals surface area contributed by atoms with Gasteiger partial charge in [-0.05, 0) is 82.6 Å². The van der Waals surface area contributed by atoms with Gasteiger partial charge in [-0.25, -0.2) is 0 Å². The molecule has 7 aromatic carbocycles. The van der Waals surface area contributed by atoms with Crippen molar-refractivity contribution in [3.8, 4) is 40.1 Å². The molecule has 3 heterocycles. The number of hydrogen-bond donors (Lipinski definition) is 0. The van der Waals surface area contributed by atoms with Gasteiger partial charge in [0.25, 0.3) is 0 Å². The van der Waals surface area contributed by atoms with Crippen LogP contribution >= 0.6 is 11.8 Å². The zero-order valence-electron chi connectivity index (χ0n) is 24.9. The lowest BCUT2D eigenvalue weighted by Crippen LogP contribution is -2.15. The Balaban J connectivity index is 1.39. The summed E-state index contributed by atoms with van der Waals surface area (Å²) in [6.45, 7) is 0. The number of aromatic nitrogens is 1. The second-order valence-corrected chi connectivity index (χ2v) is 13.1. The maximum atomic E-state index is 9.84. The minimum atomic E-state index is 0.462. The van der Waals surface area contributed by atoms with Gasteiger partial charge in [0.2, 0.25) is 0 Å². The zero-order chi connectivity index (χ0) is 31.2. The monoisotopic (exact) mass is 614 g/mol. The summed E-state index contributed by atoms with van der Waals surface area (Å²) in [4.78, 5) is 4.96. The van der Waals surface area contributed by atoms with Crippen LogP contribution in [0.5, 0.6) is 0 Å². The quantitative estimate of drug-likeness (QED) is 0.185. The Morgan fingerprint density at radius 3 is 2.02 bits per heavy atom. The highest BCUT2D eigenvalue weighted by molar-refractivity contribution is 8.00. The third kappa shape index (κ3) is 3.58. The first kappa shape index (κ1) is 26.0. The predicted molar refractivity (Wildman–Crippen MR) is 191 cm³/mol. The van der Waals surface area contributed by atoms with Crippen LogP contribution in [0.3, 0.4) is 0 Å². The minimum absolute atomic E-state index is 0.462. The maximum absolute atomic E-state index is 9.84. The first-order valence-corrected chi connectivity index (χ1v) is 16.3. The molecular weight excluding hydrogens is 593 g/mol. The van der Waals surface area contributed by atoms with E-state index in [1.807, 2.05) is 30.0 Å². The van der Waals surface area contributed by atoms with Crippen LogP contribution in [0.25, 0.3) is 60.5 Å². The lowest BCUT2D eigenvalue weighted by Gasteiger charge is -2.35. The first-order chi connectivity index (χ1) is 23.2. The normalized spacial score (nSPS) is 12.5. The van der Waals surface area contributed by atoms with E-state index in [9.17, 15) is 10.5 Å². The van der Waals surface area contributed by atoms with E-state index in [-0.39, 0.29) is 0 Å². The van der Waals surface area contributed by atoms with Crippen LogP contribution in [0, 0.1) is 22.7 Å². The summed E-state index contributed by atoms with van der Waals surface area (Å²) >= 11 is 1.85. The van der Waals surface area contributed by atoms with Gasteiger partial charge in [-0.3, -0.25) is 0 Å². The Labute approximate surface area is 275 Å². The second kappa shape index (κ2) is 9.61. The first-order valence-electron chi connectivity index (χ1n) is 15.5. The van der Waals surface area contributed by atoms with E-state index >= 15 is 0 Å². The van der Waals surface area contributed by atoms with Gasteiger partial charge in [-0.15, -0.1) is 0 Å². The van der Waals surface area contributed by atoms with Gasteiger partial charge < -0.3 is 9.47 Å². The van der Waals surface area contributed by atoms with Gasteiger partial charge in [0.05, 0.1) is 51.4 Å². The molecule has 0 N–H and O–H groups in total. The van der Waals surface area contributed by atoms with Crippen LogP contribution in [0.2, 0.25) is 0 Å². The molecule has 0 saturated heterocycles. The molecule has 0 aliphatic carbocycles. The highest BCUT2D eigenvalue weighted by Gasteiger charge is 2.34. The number of nitrogens with zero attached hydrogens (tertiary/aromatic N) is 4. The molecule has 0 bridgehead atoms. The predicted octanol–water partition coefficient (Wildman–Crippen LogP) is 11.3. The summed E-state index contributed by atoms with van der Waals surface area (Å²) in [6.07, 6.45) is 0. The van der Waals surface area contributed by atoms with Gasteiger partial charge in [-0.1, -0.05) is 84.6 Å². The molecule has 0 atom stereocenters. The van der Waals surface area contributed by atoms with Gasteiger partial charge in [0.1, 0.15) is 0 Å². The number of hydrogen-bond acceptors (Lipinski definition) is 4. The Kier molecular flexibility index (Phi) is 5.32. The summed E-state index contributed by atoms with van der Waals surface area (Å²) < 4.78 is 2.20. The Morgan fingerprint density at radius 1 is 0.511 bits per heavy atom. The van der Waals surface area contributed by atoms with Gasteiger partial charge in [0.15, 0.2) is 0 Å². The third-order valence-corrected chi connectivity index (χ3v) is 10.7. The van der Waals surface area contributed by atoms with E-state index in [2.05, 4.69) is 131 Å². The van der Waals surface area contributed by atoms with Crippen molar-refractivity contribution in [2.24, 2.45) is 0 Å². The van der Waals surface area contributed by atoms with Crippen molar-refractivity contribution in [3.05, 3.63) is 145 Å². The van der Waals surface area contributed by atoms with Crippen molar-refractivity contribution in [2.45, 2.75) is 9.79 Å². The lowest BCUT2D eigenvalue weighted by atomic mass is 9.91. The molecule has 5 heteroatoms. The molecule has 10 rings (SSSR count). The van der Waals surface area contributed by atoms with Crippen molar-refractivity contribution in [2.75, 3.05) is 4.90 Å². The molecule has 0 saturated carbocycles. The fraction of sp³-hybridized carbons (Fsp3) is 0. The van der Waals surface area contributed by atoms with Crippen LogP contribution in [0.1, 0.15) is 11.1 Å². The topological polar surface area (TPSA) is 55.8 Å². The summed E-state index contributed by atoms with van der Waals surface area (Å²) in [6, 6.07) is 51.5. The highest BCUT2D eigenvalue weighted by Crippen LogP contribution is 2.61. The molecule has 0 radical (unpaired) electrons. The van der Waals surface area contributed by atoms with Gasteiger partial charge >= 0.3 is 0 Å². The SMILES string of the molecule is N#Cc1cc(C#N)cc(-n2c3ccccc3c3cc4c(cc32)-c2ccccc2N2c3ccccc3Sc3c2c-4cc2ccccc32)c1. The molecule has 8 aromatic rings. The van der Waals surface area contributed by atoms with E-state index in [0.717, 1.165) is 44.3 Å². The number of nitriles is 2. The van der Waals surface area contributed by atoms with Crippen LogP contribution in [0.4, 0.5) is 17.1 Å². The number of rotatable bonds is 1. The number of fused-ring (bicyclic) bond motifs is 12. The lowest BCUT2D eigenvalue weighted by molar-refractivity contribution is 1.17. The Hall–Kier alpha value is -6.27. The molecule has 47 heavy (non-hydrogen) atoms. The van der Waals surface area contributed by atoms with Crippen LogP contribution < -0.4 is 4.90 Å². The second-order valence-electron chi connectivity index (χ2n) is 12.0. The average molecular weight is 615 g/mol. The molecule has 216 valence electrons. The van der Waals surface area contributed by atoms with E-state index in [1.165, 1.54) is 43.1 Å². The molecule has 4 nitrogen and oxygen atoms in total. The zero-order valence-corrected chi connectivity index (χ0v) is 25.7. The Morgan fingerprint density at radius 2 is 1.19 bits per heavy atom. The minimum Gasteiger partial charge on any atom is -0.309 e. The molecular formula is C42H22N4S. The smallest absolute Gasteiger partial charge is 0.0992 e. The largest absolute Gasteiger partial charge is 0.309 e. The maximum Gasteiger partial charge on any atom is 0.0992 e. The fourth-order valence-corrected chi connectivity index (χ4v) is 8.77. The van der Waals surface area contributed by atoms with E-state index in [0.29, 0.717) is 11.1 Å². The van der Waals surface area contributed by atoms with Crippen molar-refractivity contribution in [1.29, 1.82) is 10.5 Å². The average Bonchev–Trinajstić information content (AvgIpc) is 3.40. The Bertz CT molecular complexity index is 2730. The molecule has 0 amide bonds. The molecule has 2 aliphatic heterocycles. The molecule has 2 aliphatic rings. The van der Waals surface area contributed by atoms with E-state index in [4.69, 9.17) is 0 Å². The molecule has 0 fully saturated rings. The molecule has 1 aromatic heterocycles. The van der Waals surface area contributed by atoms with E-state index < -0.39 is 0 Å². The number of anilines is 3. The van der Waals surface area contributed by atoms with Crippen molar-refractivity contribution in [3.63, 3.8) is 0 Å². The molecule has 0 spiro atoms. The van der Waals surface area contributed by atoms with Crippen LogP contribution in [0.15, 0.2) is 143 Å². The molecule has 0 unspecified atom stereocenters. The van der Waals surface area contributed by atoms with Gasteiger partial charge in [-0.2, -0.15) is 10.5 Å². The van der Waals surface area contributed by atoms with Gasteiger partial charge in [0, 0.05) is 37.4 Å². The summed E-state index contributed by atoms with van der Waals surface area (Å²) in [5.74, 6) is 0. The van der Waals surface area contributed by atoms with E-state index in [1.54, 1.807) is 6.07 Å². The van der Waals surface area contributed by atoms with Crippen LogP contribution in [-0.4, -0.2) is 4.57 Å². The number of para-hydroxylation sites is 3. The number of benzene rings is 7. The van der Waals surface area contributed by atoms with Crippen molar-refractivity contribution in [1.82, 2.24) is 4.57 Å². The third-order valence-electron chi connectivity index (χ3n) is 9.49. The summed E-state index contributed by atoms with van der Waals surface area (Å²) in [5.41, 5.74) is 12.0. The highest BCUT2D eigenvalue weighted by atomic mass is 32.2. The summed E-state index contributed by atoms with van der Waals surface area (Å²) in [5, 5.41) is 24.4. The fourth-order valence-electron chi connectivity index (χ4n) is 7.55.